The van der Waals surface area contributed by atoms with Crippen LogP contribution in [0.1, 0.15) is 21.6 Å². The van der Waals surface area contributed by atoms with E-state index in [1.807, 2.05) is 6.92 Å². The minimum atomic E-state index is -0.979. The predicted octanol–water partition coefficient (Wildman–Crippen LogP) is 0.876. The summed E-state index contributed by atoms with van der Waals surface area (Å²) in [6.45, 7) is 1.82. The van der Waals surface area contributed by atoms with E-state index >= 15 is 0 Å². The molecule has 5 nitrogen and oxygen atoms in total. The van der Waals surface area contributed by atoms with Gasteiger partial charge in [0.25, 0.3) is 0 Å². The molecule has 0 aliphatic rings. The summed E-state index contributed by atoms with van der Waals surface area (Å²) in [5.41, 5.74) is 2.47. The Labute approximate surface area is 92.0 Å². The van der Waals surface area contributed by atoms with Crippen LogP contribution in [0.5, 0.6) is 0 Å². The molecule has 2 heterocycles. The topological polar surface area (TPSA) is 74.8 Å². The van der Waals surface area contributed by atoms with Gasteiger partial charge in [-0.2, -0.15) is 0 Å². The molecule has 0 radical (unpaired) electrons. The SMILES string of the molecule is Cc1cn2cc(C(=O)O)cc(CCO)c2n1. The second kappa shape index (κ2) is 3.94. The molecular weight excluding hydrogens is 208 g/mol. The van der Waals surface area contributed by atoms with E-state index in [1.165, 1.54) is 6.20 Å². The van der Waals surface area contributed by atoms with Gasteiger partial charge in [-0.1, -0.05) is 0 Å². The summed E-state index contributed by atoms with van der Waals surface area (Å²) < 4.78 is 1.68. The maximum atomic E-state index is 10.9. The van der Waals surface area contributed by atoms with Gasteiger partial charge in [-0.15, -0.1) is 0 Å². The minimum Gasteiger partial charge on any atom is -0.478 e. The number of aliphatic hydroxyl groups excluding tert-OH is 1. The Hall–Kier alpha value is -1.88. The third kappa shape index (κ3) is 1.77. The Morgan fingerprint density at radius 1 is 1.50 bits per heavy atom. The number of carboxylic acid groups (broad SMARTS) is 1. The Morgan fingerprint density at radius 2 is 2.25 bits per heavy atom. The number of hydrogen-bond donors (Lipinski definition) is 2. The van der Waals surface area contributed by atoms with Crippen molar-refractivity contribution >= 4 is 11.6 Å². The maximum absolute atomic E-state index is 10.9. The van der Waals surface area contributed by atoms with Crippen LogP contribution in [0.3, 0.4) is 0 Å². The molecule has 0 amide bonds. The van der Waals surface area contributed by atoms with E-state index in [0.29, 0.717) is 12.1 Å². The molecule has 5 heteroatoms. The molecule has 0 unspecified atom stereocenters. The summed E-state index contributed by atoms with van der Waals surface area (Å²) in [6.07, 6.45) is 3.70. The fourth-order valence-electron chi connectivity index (χ4n) is 1.71. The molecule has 0 aromatic carbocycles. The molecule has 2 N–H and O–H groups in total. The van der Waals surface area contributed by atoms with Crippen molar-refractivity contribution in [2.24, 2.45) is 0 Å². The molecule has 0 saturated heterocycles. The molecule has 0 fully saturated rings. The highest BCUT2D eigenvalue weighted by Gasteiger charge is 2.10. The van der Waals surface area contributed by atoms with Crippen LogP contribution in [0.25, 0.3) is 5.65 Å². The number of imidazole rings is 1. The third-order valence-electron chi connectivity index (χ3n) is 2.38. The first-order chi connectivity index (χ1) is 7.61. The number of aryl methyl sites for hydroxylation is 1. The molecule has 0 atom stereocenters. The quantitative estimate of drug-likeness (QED) is 0.805. The van der Waals surface area contributed by atoms with Crippen molar-refractivity contribution in [1.82, 2.24) is 9.38 Å². The number of aliphatic hydroxyl groups is 1. The van der Waals surface area contributed by atoms with E-state index in [2.05, 4.69) is 4.98 Å². The van der Waals surface area contributed by atoms with Crippen LogP contribution in [0, 0.1) is 6.92 Å². The molecule has 0 saturated carbocycles. The number of aromatic nitrogens is 2. The van der Waals surface area contributed by atoms with Gasteiger partial charge >= 0.3 is 5.97 Å². The van der Waals surface area contributed by atoms with E-state index < -0.39 is 5.97 Å². The highest BCUT2D eigenvalue weighted by molar-refractivity contribution is 5.88. The average molecular weight is 220 g/mol. The van der Waals surface area contributed by atoms with Gasteiger partial charge in [0.15, 0.2) is 0 Å². The first kappa shape index (κ1) is 10.6. The number of carboxylic acids is 1. The smallest absolute Gasteiger partial charge is 0.337 e. The van der Waals surface area contributed by atoms with Crippen molar-refractivity contribution in [2.45, 2.75) is 13.3 Å². The molecular formula is C11H12N2O3. The monoisotopic (exact) mass is 220 g/mol. The first-order valence-electron chi connectivity index (χ1n) is 4.94. The second-order valence-electron chi connectivity index (χ2n) is 3.65. The molecule has 84 valence electrons. The van der Waals surface area contributed by atoms with Gasteiger partial charge in [0, 0.05) is 19.0 Å². The summed E-state index contributed by atoms with van der Waals surface area (Å²) in [5, 5.41) is 17.9. The summed E-state index contributed by atoms with van der Waals surface area (Å²) in [5.74, 6) is -0.979. The van der Waals surface area contributed by atoms with Crippen molar-refractivity contribution in [2.75, 3.05) is 6.61 Å². The second-order valence-corrected chi connectivity index (χ2v) is 3.65. The van der Waals surface area contributed by atoms with Crippen molar-refractivity contribution in [3.63, 3.8) is 0 Å². The molecule has 2 rings (SSSR count). The minimum absolute atomic E-state index is 0.0232. The largest absolute Gasteiger partial charge is 0.478 e. The number of fused-ring (bicyclic) bond motifs is 1. The highest BCUT2D eigenvalue weighted by atomic mass is 16.4. The predicted molar refractivity (Wildman–Crippen MR) is 57.7 cm³/mol. The zero-order chi connectivity index (χ0) is 11.7. The molecule has 0 aliphatic carbocycles. The normalized spacial score (nSPS) is 10.9. The van der Waals surface area contributed by atoms with Crippen LogP contribution < -0.4 is 0 Å². The molecule has 2 aromatic rings. The van der Waals surface area contributed by atoms with E-state index in [4.69, 9.17) is 10.2 Å². The summed E-state index contributed by atoms with van der Waals surface area (Å²) in [6, 6.07) is 1.56. The van der Waals surface area contributed by atoms with Gasteiger partial charge in [0.1, 0.15) is 5.65 Å². The summed E-state index contributed by atoms with van der Waals surface area (Å²) >= 11 is 0. The van der Waals surface area contributed by atoms with Gasteiger partial charge in [0.2, 0.25) is 0 Å². The lowest BCUT2D eigenvalue weighted by Gasteiger charge is -2.04. The standard InChI is InChI=1S/C11H12N2O3/c1-7-5-13-6-9(11(15)16)4-8(2-3-14)10(13)12-7/h4-6,14H,2-3H2,1H3,(H,15,16). The summed E-state index contributed by atoms with van der Waals surface area (Å²) in [4.78, 5) is 15.2. The number of carbonyl (C=O) groups is 1. The molecule has 0 bridgehead atoms. The van der Waals surface area contributed by atoms with Gasteiger partial charge < -0.3 is 14.6 Å². The number of nitrogens with zero attached hydrogens (tertiary/aromatic N) is 2. The van der Waals surface area contributed by atoms with Crippen molar-refractivity contribution in [3.05, 3.63) is 35.3 Å². The van der Waals surface area contributed by atoms with Crippen molar-refractivity contribution in [1.29, 1.82) is 0 Å². The Balaban J connectivity index is 2.67. The van der Waals surface area contributed by atoms with Crippen LogP contribution in [0.2, 0.25) is 0 Å². The molecule has 2 aromatic heterocycles. The lowest BCUT2D eigenvalue weighted by molar-refractivity contribution is 0.0696. The highest BCUT2D eigenvalue weighted by Crippen LogP contribution is 2.14. The average Bonchev–Trinajstić information content (AvgIpc) is 2.58. The van der Waals surface area contributed by atoms with Gasteiger partial charge in [0.05, 0.1) is 11.3 Å². The number of hydrogen-bond acceptors (Lipinski definition) is 3. The van der Waals surface area contributed by atoms with Crippen LogP contribution in [-0.4, -0.2) is 32.2 Å². The van der Waals surface area contributed by atoms with E-state index in [9.17, 15) is 4.79 Å². The fraction of sp³-hybridized carbons (Fsp3) is 0.273. The number of aromatic carboxylic acids is 1. The van der Waals surface area contributed by atoms with Crippen LogP contribution in [-0.2, 0) is 6.42 Å². The van der Waals surface area contributed by atoms with E-state index in [0.717, 1.165) is 11.3 Å². The Bertz CT molecular complexity index is 545. The number of rotatable bonds is 3. The van der Waals surface area contributed by atoms with Crippen LogP contribution in [0.15, 0.2) is 18.5 Å². The fourth-order valence-corrected chi connectivity index (χ4v) is 1.71. The molecule has 0 aliphatic heterocycles. The Morgan fingerprint density at radius 3 is 2.88 bits per heavy atom. The van der Waals surface area contributed by atoms with E-state index in [1.54, 1.807) is 16.7 Å². The third-order valence-corrected chi connectivity index (χ3v) is 2.38. The zero-order valence-electron chi connectivity index (χ0n) is 8.84. The van der Waals surface area contributed by atoms with Crippen molar-refractivity contribution in [3.8, 4) is 0 Å². The van der Waals surface area contributed by atoms with Crippen LogP contribution in [0.4, 0.5) is 0 Å². The van der Waals surface area contributed by atoms with Gasteiger partial charge in [-0.3, -0.25) is 0 Å². The van der Waals surface area contributed by atoms with Gasteiger partial charge in [-0.25, -0.2) is 9.78 Å². The molecule has 0 spiro atoms. The number of pyridine rings is 1. The van der Waals surface area contributed by atoms with Crippen molar-refractivity contribution < 1.29 is 15.0 Å². The van der Waals surface area contributed by atoms with Crippen LogP contribution >= 0.6 is 0 Å². The lowest BCUT2D eigenvalue weighted by atomic mass is 10.1. The Kier molecular flexibility index (Phi) is 2.62. The zero-order valence-corrected chi connectivity index (χ0v) is 8.84. The van der Waals surface area contributed by atoms with E-state index in [-0.39, 0.29) is 12.2 Å². The van der Waals surface area contributed by atoms with Gasteiger partial charge in [-0.05, 0) is 25.0 Å². The maximum Gasteiger partial charge on any atom is 0.337 e. The lowest BCUT2D eigenvalue weighted by Crippen LogP contribution is -2.03. The summed E-state index contributed by atoms with van der Waals surface area (Å²) in [7, 11) is 0. The first-order valence-corrected chi connectivity index (χ1v) is 4.94. The molecule has 16 heavy (non-hydrogen) atoms.